The van der Waals surface area contributed by atoms with Crippen LogP contribution in [-0.2, 0) is 9.47 Å². The molecule has 2 unspecified atom stereocenters. The van der Waals surface area contributed by atoms with Crippen LogP contribution in [0.15, 0.2) is 12.2 Å². The van der Waals surface area contributed by atoms with Gasteiger partial charge >= 0.3 is 12.2 Å². The number of rotatable bonds is 0. The standard InChI is InChI=1S/C14H23F2NO2.C13H23NO2.C9H15F2N.ClH/c1-11(2,3)19-10(18)17-7-6-13(8-14(13,15)16)12(4,5)9-17;1-10-7-8-14(9-13(10,5)6)11(15)16-12(2,3)4;1-7(2)6-12-4-3-8(7)5-9(8,10)11;/h6-9H2,1-5H3;1,7-9H2,2-6H3;12H,3-6H2,1-2H3;1H. The highest BCUT2D eigenvalue weighted by Crippen LogP contribution is 2.73. The lowest BCUT2D eigenvalue weighted by molar-refractivity contribution is -0.0520. The summed E-state index contributed by atoms with van der Waals surface area (Å²) in [6.07, 6.45) is 1.29. The Morgan fingerprint density at radius 1 is 0.729 bits per heavy atom. The molecule has 0 aromatic carbocycles. The van der Waals surface area contributed by atoms with Crippen molar-refractivity contribution in [1.82, 2.24) is 15.1 Å². The lowest BCUT2D eigenvalue weighted by Gasteiger charge is -2.45. The molecular formula is C36H62ClF4N3O4. The number of carbonyl (C=O) groups is 2. The van der Waals surface area contributed by atoms with Crippen LogP contribution in [0.1, 0.15) is 115 Å². The van der Waals surface area contributed by atoms with Crippen molar-refractivity contribution in [1.29, 1.82) is 0 Å². The molecule has 5 aliphatic rings. The molecule has 0 radical (unpaired) electrons. The molecule has 5 fully saturated rings. The van der Waals surface area contributed by atoms with Crippen LogP contribution < -0.4 is 5.32 Å². The molecule has 0 aromatic rings. The smallest absolute Gasteiger partial charge is 0.410 e. The van der Waals surface area contributed by atoms with Crippen LogP contribution in [0.5, 0.6) is 0 Å². The molecule has 3 saturated heterocycles. The van der Waals surface area contributed by atoms with E-state index < -0.39 is 45.4 Å². The number of ether oxygens (including phenoxy) is 2. The van der Waals surface area contributed by atoms with E-state index in [9.17, 15) is 27.2 Å². The van der Waals surface area contributed by atoms with Gasteiger partial charge in [0.25, 0.3) is 11.8 Å². The highest BCUT2D eigenvalue weighted by Gasteiger charge is 2.78. The van der Waals surface area contributed by atoms with Gasteiger partial charge in [-0.25, -0.2) is 27.2 Å². The Morgan fingerprint density at radius 3 is 1.48 bits per heavy atom. The second kappa shape index (κ2) is 13.4. The first-order valence-corrected chi connectivity index (χ1v) is 17.0. The summed E-state index contributed by atoms with van der Waals surface area (Å²) in [5, 5.41) is 3.18. The molecule has 2 saturated carbocycles. The quantitative estimate of drug-likeness (QED) is 0.200. The summed E-state index contributed by atoms with van der Waals surface area (Å²) in [7, 11) is 0. The maximum atomic E-state index is 13.6. The van der Waals surface area contributed by atoms with Crippen LogP contribution in [0.25, 0.3) is 0 Å². The van der Waals surface area contributed by atoms with E-state index in [0.717, 1.165) is 26.1 Å². The van der Waals surface area contributed by atoms with E-state index >= 15 is 0 Å². The molecular weight excluding hydrogens is 650 g/mol. The Morgan fingerprint density at radius 2 is 1.15 bits per heavy atom. The summed E-state index contributed by atoms with van der Waals surface area (Å²) >= 11 is 0. The summed E-state index contributed by atoms with van der Waals surface area (Å²) in [5.74, 6) is -4.96. The average Bonchev–Trinajstić information content (AvgIpc) is 3.65. The van der Waals surface area contributed by atoms with Gasteiger partial charge in [0.05, 0.1) is 0 Å². The summed E-state index contributed by atoms with van der Waals surface area (Å²) in [4.78, 5) is 27.2. The highest BCUT2D eigenvalue weighted by atomic mass is 35.5. The van der Waals surface area contributed by atoms with Crippen LogP contribution in [-0.4, -0.2) is 84.3 Å². The van der Waals surface area contributed by atoms with Crippen LogP contribution in [0.3, 0.4) is 0 Å². The minimum absolute atomic E-state index is 0. The molecule has 2 amide bonds. The topological polar surface area (TPSA) is 71.1 Å². The number of halogens is 5. The predicted octanol–water partition coefficient (Wildman–Crippen LogP) is 9.34. The molecule has 0 bridgehead atoms. The van der Waals surface area contributed by atoms with Gasteiger partial charge < -0.3 is 24.6 Å². The molecule has 2 spiro atoms. The fraction of sp³-hybridized carbons (Fsp3) is 0.889. The lowest BCUT2D eigenvalue weighted by atomic mass is 9.70. The average molecular weight is 712 g/mol. The number of piperidine rings is 3. The lowest BCUT2D eigenvalue weighted by Crippen LogP contribution is -2.52. The summed E-state index contributed by atoms with van der Waals surface area (Å²) < 4.78 is 64.2. The first kappa shape index (κ1) is 42.4. The van der Waals surface area contributed by atoms with Gasteiger partial charge in [-0.3, -0.25) is 0 Å². The molecule has 3 aliphatic heterocycles. The number of hydrogen-bond donors (Lipinski definition) is 1. The number of nitrogens with zero attached hydrogens (tertiary/aromatic N) is 2. The van der Waals surface area contributed by atoms with Crippen molar-refractivity contribution in [3.63, 3.8) is 0 Å². The van der Waals surface area contributed by atoms with E-state index in [0.29, 0.717) is 32.5 Å². The number of carbonyl (C=O) groups excluding carboxylic acids is 2. The van der Waals surface area contributed by atoms with Crippen molar-refractivity contribution < 1.29 is 36.6 Å². The fourth-order valence-electron chi connectivity index (χ4n) is 7.50. The Labute approximate surface area is 292 Å². The van der Waals surface area contributed by atoms with Crippen molar-refractivity contribution >= 4 is 24.6 Å². The van der Waals surface area contributed by atoms with Crippen molar-refractivity contribution in [2.75, 3.05) is 39.3 Å². The van der Waals surface area contributed by atoms with Crippen molar-refractivity contribution in [3.05, 3.63) is 12.2 Å². The normalized spacial score (nSPS) is 30.5. The van der Waals surface area contributed by atoms with E-state index in [2.05, 4.69) is 25.7 Å². The van der Waals surface area contributed by atoms with Gasteiger partial charge in [0, 0.05) is 61.8 Å². The summed E-state index contributed by atoms with van der Waals surface area (Å²) in [5.41, 5.74) is -2.18. The second-order valence-corrected chi connectivity index (χ2v) is 18.4. The van der Waals surface area contributed by atoms with E-state index in [4.69, 9.17) is 9.47 Å². The molecule has 7 nitrogen and oxygen atoms in total. The minimum Gasteiger partial charge on any atom is -0.444 e. The zero-order chi connectivity index (χ0) is 36.3. The third-order valence-corrected chi connectivity index (χ3v) is 11.0. The molecule has 5 rings (SSSR count). The second-order valence-electron chi connectivity index (χ2n) is 18.4. The molecule has 3 heterocycles. The van der Waals surface area contributed by atoms with E-state index in [1.165, 1.54) is 5.57 Å². The molecule has 0 aromatic heterocycles. The van der Waals surface area contributed by atoms with Crippen LogP contribution in [0.4, 0.5) is 27.2 Å². The van der Waals surface area contributed by atoms with E-state index in [1.807, 2.05) is 48.5 Å². The fourth-order valence-corrected chi connectivity index (χ4v) is 7.50. The van der Waals surface area contributed by atoms with Crippen LogP contribution in [0, 0.1) is 27.1 Å². The van der Waals surface area contributed by atoms with Crippen molar-refractivity contribution in [2.24, 2.45) is 27.1 Å². The number of hydrogen-bond acceptors (Lipinski definition) is 5. The molecule has 2 atom stereocenters. The number of likely N-dealkylation sites (tertiary alicyclic amines) is 2. The van der Waals surface area contributed by atoms with E-state index in [1.54, 1.807) is 30.6 Å². The van der Waals surface area contributed by atoms with Gasteiger partial charge in [-0.1, -0.05) is 53.7 Å². The molecule has 280 valence electrons. The van der Waals surface area contributed by atoms with Crippen LogP contribution in [0.2, 0.25) is 0 Å². The van der Waals surface area contributed by atoms with Gasteiger partial charge in [0.1, 0.15) is 11.2 Å². The molecule has 1 N–H and O–H groups in total. The Balaban J connectivity index is 0.000000253. The van der Waals surface area contributed by atoms with Gasteiger partial charge in [-0.15, -0.1) is 12.4 Å². The number of amides is 2. The summed E-state index contributed by atoms with van der Waals surface area (Å²) in [6.45, 7) is 30.5. The summed E-state index contributed by atoms with van der Waals surface area (Å²) in [6, 6.07) is 0. The molecule has 2 aliphatic carbocycles. The van der Waals surface area contributed by atoms with Crippen molar-refractivity contribution in [2.45, 2.75) is 138 Å². The van der Waals surface area contributed by atoms with Gasteiger partial charge in [0.15, 0.2) is 0 Å². The zero-order valence-electron chi connectivity index (χ0n) is 31.4. The predicted molar refractivity (Wildman–Crippen MR) is 184 cm³/mol. The Hall–Kier alpha value is -1.75. The van der Waals surface area contributed by atoms with Gasteiger partial charge in [0.2, 0.25) is 0 Å². The van der Waals surface area contributed by atoms with Gasteiger partial charge in [-0.05, 0) is 78.2 Å². The third kappa shape index (κ3) is 8.93. The minimum atomic E-state index is -2.57. The SMILES string of the molecule is C=C1CCN(C(=O)OC(C)(C)C)CC1(C)C.CC(C)(C)OC(=O)N1CCC2(CC2(F)F)C(C)(C)C1.CC1(C)CNCCC12CC2(F)F.Cl. The van der Waals surface area contributed by atoms with Crippen LogP contribution >= 0.6 is 12.4 Å². The monoisotopic (exact) mass is 711 g/mol. The van der Waals surface area contributed by atoms with Crippen molar-refractivity contribution in [3.8, 4) is 0 Å². The first-order chi connectivity index (χ1) is 20.9. The zero-order valence-corrected chi connectivity index (χ0v) is 32.2. The number of alkyl halides is 4. The van der Waals surface area contributed by atoms with E-state index in [-0.39, 0.29) is 42.2 Å². The number of nitrogens with one attached hydrogen (secondary N) is 1. The highest BCUT2D eigenvalue weighted by molar-refractivity contribution is 5.85. The molecule has 12 heteroatoms. The first-order valence-electron chi connectivity index (χ1n) is 17.0. The van der Waals surface area contributed by atoms with Gasteiger partial charge in [-0.2, -0.15) is 0 Å². The Kier molecular flexibility index (Phi) is 11.9. The third-order valence-electron chi connectivity index (χ3n) is 11.0. The maximum Gasteiger partial charge on any atom is 0.410 e. The largest absolute Gasteiger partial charge is 0.444 e. The Bertz CT molecular complexity index is 1210. The molecule has 48 heavy (non-hydrogen) atoms. The maximum absolute atomic E-state index is 13.6.